The molecule has 0 saturated carbocycles. The normalized spacial score (nSPS) is 13.7. The SMILES string of the molecule is CC(C)OP(=O)(OC(C)C)/C(CCCN)=N/O. The fourth-order valence-electron chi connectivity index (χ4n) is 1.20. The summed E-state index contributed by atoms with van der Waals surface area (Å²) in [6.07, 6.45) is 0.291. The van der Waals surface area contributed by atoms with Crippen molar-refractivity contribution in [3.8, 4) is 0 Å². The quantitative estimate of drug-likeness (QED) is 0.305. The van der Waals surface area contributed by atoms with Crippen LogP contribution < -0.4 is 5.73 Å². The summed E-state index contributed by atoms with van der Waals surface area (Å²) >= 11 is 0. The highest BCUT2D eigenvalue weighted by atomic mass is 31.2. The van der Waals surface area contributed by atoms with Crippen molar-refractivity contribution in [3.63, 3.8) is 0 Å². The van der Waals surface area contributed by atoms with E-state index in [4.69, 9.17) is 20.0 Å². The average molecular weight is 266 g/mol. The van der Waals surface area contributed by atoms with Gasteiger partial charge in [-0.2, -0.15) is 0 Å². The van der Waals surface area contributed by atoms with Crippen LogP contribution >= 0.6 is 7.60 Å². The van der Waals surface area contributed by atoms with Crippen molar-refractivity contribution in [1.82, 2.24) is 0 Å². The van der Waals surface area contributed by atoms with E-state index >= 15 is 0 Å². The molecule has 0 radical (unpaired) electrons. The van der Waals surface area contributed by atoms with E-state index < -0.39 is 7.60 Å². The van der Waals surface area contributed by atoms with Gasteiger partial charge in [-0.1, -0.05) is 5.16 Å². The summed E-state index contributed by atoms with van der Waals surface area (Å²) in [5, 5.41) is 12.0. The second-order valence-electron chi connectivity index (χ2n) is 4.21. The van der Waals surface area contributed by atoms with Crippen molar-refractivity contribution >= 4 is 13.0 Å². The zero-order valence-corrected chi connectivity index (χ0v) is 11.8. The van der Waals surface area contributed by atoms with E-state index in [1.807, 2.05) is 0 Å². The minimum atomic E-state index is -3.53. The van der Waals surface area contributed by atoms with E-state index in [1.54, 1.807) is 27.7 Å². The largest absolute Gasteiger partial charge is 0.410 e. The molecule has 0 amide bonds. The van der Waals surface area contributed by atoms with Crippen LogP contribution in [0.3, 0.4) is 0 Å². The first kappa shape index (κ1) is 16.6. The lowest BCUT2D eigenvalue weighted by Gasteiger charge is -2.23. The molecular weight excluding hydrogens is 243 g/mol. The number of hydrogen-bond donors (Lipinski definition) is 2. The van der Waals surface area contributed by atoms with Crippen LogP contribution in [0.4, 0.5) is 0 Å². The molecule has 0 unspecified atom stereocenters. The molecule has 0 aliphatic heterocycles. The van der Waals surface area contributed by atoms with E-state index in [0.29, 0.717) is 19.4 Å². The molecule has 7 heteroatoms. The Morgan fingerprint density at radius 3 is 2.06 bits per heavy atom. The number of nitrogens with zero attached hydrogens (tertiary/aromatic N) is 1. The lowest BCUT2D eigenvalue weighted by atomic mass is 10.3. The van der Waals surface area contributed by atoms with Gasteiger partial charge < -0.3 is 20.0 Å². The van der Waals surface area contributed by atoms with Crippen LogP contribution in [-0.2, 0) is 13.6 Å². The fraction of sp³-hybridized carbons (Fsp3) is 0.900. The monoisotopic (exact) mass is 266 g/mol. The first-order valence-corrected chi connectivity index (χ1v) is 7.28. The van der Waals surface area contributed by atoms with Crippen LogP contribution in [0.25, 0.3) is 0 Å². The highest BCUT2D eigenvalue weighted by molar-refractivity contribution is 7.72. The molecule has 0 aliphatic rings. The highest BCUT2D eigenvalue weighted by Crippen LogP contribution is 2.53. The van der Waals surface area contributed by atoms with Gasteiger partial charge in [0.15, 0.2) is 5.45 Å². The molecular formula is C10H23N2O4P. The molecule has 0 aliphatic carbocycles. The van der Waals surface area contributed by atoms with Crippen molar-refractivity contribution in [2.75, 3.05) is 6.54 Å². The molecule has 0 rings (SSSR count). The van der Waals surface area contributed by atoms with Gasteiger partial charge in [-0.3, -0.25) is 4.57 Å². The summed E-state index contributed by atoms with van der Waals surface area (Å²) in [7, 11) is -3.53. The Morgan fingerprint density at radius 1 is 1.29 bits per heavy atom. The number of hydrogen-bond acceptors (Lipinski definition) is 6. The Morgan fingerprint density at radius 2 is 1.76 bits per heavy atom. The molecule has 0 saturated heterocycles. The second kappa shape index (κ2) is 7.82. The predicted octanol–water partition coefficient (Wildman–Crippen LogP) is 2.56. The van der Waals surface area contributed by atoms with E-state index in [9.17, 15) is 4.57 Å². The molecule has 0 aromatic carbocycles. The third kappa shape index (κ3) is 6.17. The molecule has 0 fully saturated rings. The van der Waals surface area contributed by atoms with Crippen LogP contribution in [0.1, 0.15) is 40.5 Å². The smallest absolute Gasteiger partial charge is 0.379 e. The van der Waals surface area contributed by atoms with Crippen LogP contribution in [-0.4, -0.2) is 29.4 Å². The molecule has 6 nitrogen and oxygen atoms in total. The van der Waals surface area contributed by atoms with Gasteiger partial charge in [-0.05, 0) is 40.7 Å². The fourth-order valence-corrected chi connectivity index (χ4v) is 3.15. The van der Waals surface area contributed by atoms with Crippen LogP contribution in [0.2, 0.25) is 0 Å². The van der Waals surface area contributed by atoms with Gasteiger partial charge >= 0.3 is 7.60 Å². The van der Waals surface area contributed by atoms with Crippen molar-refractivity contribution in [2.24, 2.45) is 10.9 Å². The maximum Gasteiger partial charge on any atom is 0.379 e. The Hall–Kier alpha value is -0.420. The molecule has 3 N–H and O–H groups in total. The van der Waals surface area contributed by atoms with E-state index in [-0.39, 0.29) is 17.7 Å². The van der Waals surface area contributed by atoms with Gasteiger partial charge in [0.25, 0.3) is 0 Å². The topological polar surface area (TPSA) is 94.1 Å². The zero-order valence-electron chi connectivity index (χ0n) is 10.9. The molecule has 102 valence electrons. The molecule has 0 atom stereocenters. The molecule has 0 bridgehead atoms. The van der Waals surface area contributed by atoms with Crippen LogP contribution in [0.5, 0.6) is 0 Å². The minimum absolute atomic E-state index is 0.0327. The highest BCUT2D eigenvalue weighted by Gasteiger charge is 2.34. The lowest BCUT2D eigenvalue weighted by molar-refractivity contribution is 0.151. The summed E-state index contributed by atoms with van der Waals surface area (Å²) in [4.78, 5) is 0. The van der Waals surface area contributed by atoms with Gasteiger partial charge in [0.05, 0.1) is 12.2 Å². The average Bonchev–Trinajstić information content (AvgIpc) is 2.15. The summed E-state index contributed by atoms with van der Waals surface area (Å²) < 4.78 is 23.1. The van der Waals surface area contributed by atoms with Gasteiger partial charge in [0.1, 0.15) is 0 Å². The molecule has 0 spiro atoms. The summed E-state index contributed by atoms with van der Waals surface area (Å²) in [5.74, 6) is 0. The van der Waals surface area contributed by atoms with Gasteiger partial charge in [0.2, 0.25) is 0 Å². The lowest BCUT2D eigenvalue weighted by Crippen LogP contribution is -2.15. The Balaban J connectivity index is 4.93. The maximum absolute atomic E-state index is 12.5. The van der Waals surface area contributed by atoms with E-state index in [0.717, 1.165) is 0 Å². The van der Waals surface area contributed by atoms with Crippen molar-refractivity contribution in [1.29, 1.82) is 0 Å². The van der Waals surface area contributed by atoms with Gasteiger partial charge in [0, 0.05) is 6.42 Å². The second-order valence-corrected chi connectivity index (χ2v) is 6.15. The molecule has 17 heavy (non-hydrogen) atoms. The number of rotatable bonds is 8. The number of nitrogens with two attached hydrogens (primary N) is 1. The standard InChI is InChI=1S/C10H23N2O4P/c1-8(2)15-17(14,16-9(3)4)10(12-13)6-5-7-11/h8-9,13H,5-7,11H2,1-4H3/b12-10+. The first-order valence-electron chi connectivity index (χ1n) is 5.74. The summed E-state index contributed by atoms with van der Waals surface area (Å²) in [6.45, 7) is 7.40. The van der Waals surface area contributed by atoms with Crippen LogP contribution in [0.15, 0.2) is 5.16 Å². The van der Waals surface area contributed by atoms with Crippen molar-refractivity contribution < 1.29 is 18.8 Å². The molecule has 0 aromatic heterocycles. The predicted molar refractivity (Wildman–Crippen MR) is 67.6 cm³/mol. The summed E-state index contributed by atoms with van der Waals surface area (Å²) in [5.41, 5.74) is 5.40. The van der Waals surface area contributed by atoms with Crippen LogP contribution in [0, 0.1) is 0 Å². The minimum Gasteiger partial charge on any atom is -0.410 e. The molecule has 0 aromatic rings. The van der Waals surface area contributed by atoms with E-state index in [1.165, 1.54) is 0 Å². The zero-order chi connectivity index (χ0) is 13.5. The Bertz CT molecular complexity index is 278. The third-order valence-corrected chi connectivity index (χ3v) is 4.08. The third-order valence-electron chi connectivity index (χ3n) is 1.74. The van der Waals surface area contributed by atoms with Crippen molar-refractivity contribution in [2.45, 2.75) is 52.7 Å². The maximum atomic E-state index is 12.5. The van der Waals surface area contributed by atoms with Gasteiger partial charge in [-0.25, -0.2) is 0 Å². The van der Waals surface area contributed by atoms with Crippen molar-refractivity contribution in [3.05, 3.63) is 0 Å². The Labute approximate surface area is 103 Å². The molecule has 0 heterocycles. The van der Waals surface area contributed by atoms with E-state index in [2.05, 4.69) is 5.16 Å². The number of oxime groups is 1. The van der Waals surface area contributed by atoms with Gasteiger partial charge in [-0.15, -0.1) is 0 Å². The first-order chi connectivity index (χ1) is 7.85. The summed E-state index contributed by atoms with van der Waals surface area (Å²) in [6, 6.07) is 0. The Kier molecular flexibility index (Phi) is 7.63.